The van der Waals surface area contributed by atoms with E-state index in [4.69, 9.17) is 16.3 Å². The third-order valence-electron chi connectivity index (χ3n) is 5.71. The zero-order chi connectivity index (χ0) is 25.2. The number of hydrogen-bond donors (Lipinski definition) is 1. The summed E-state index contributed by atoms with van der Waals surface area (Å²) in [4.78, 5) is 21.3. The fraction of sp³-hybridized carbons (Fsp3) is 0.208. The van der Waals surface area contributed by atoms with Gasteiger partial charge < -0.3 is 9.47 Å². The lowest BCUT2D eigenvalue weighted by molar-refractivity contribution is -0.0498. The summed E-state index contributed by atoms with van der Waals surface area (Å²) in [6.45, 7) is -2.85. The van der Waals surface area contributed by atoms with Crippen molar-refractivity contribution in [3.05, 3.63) is 76.3 Å². The van der Waals surface area contributed by atoms with E-state index in [2.05, 4.69) is 30.2 Å². The number of ether oxygens (including phenoxy) is 2. The van der Waals surface area contributed by atoms with Crippen molar-refractivity contribution in [3.63, 3.8) is 0 Å². The molecular formula is C24H18ClF2N5O3S. The highest BCUT2D eigenvalue weighted by molar-refractivity contribution is 7.15. The fourth-order valence-corrected chi connectivity index (χ4v) is 5.00. The highest BCUT2D eigenvalue weighted by Gasteiger charge is 2.42. The number of carbonyl (C=O) groups excluding carboxylic acids is 1. The number of carbonyl (C=O) groups is 1. The minimum atomic E-state index is -2.85. The average molecular weight is 530 g/mol. The van der Waals surface area contributed by atoms with E-state index in [-0.39, 0.29) is 28.6 Å². The van der Waals surface area contributed by atoms with E-state index in [1.807, 2.05) is 0 Å². The van der Waals surface area contributed by atoms with Crippen LogP contribution >= 0.6 is 22.9 Å². The number of benzene rings is 1. The number of hydrogen-bond acceptors (Lipinski definition) is 8. The minimum absolute atomic E-state index is 0.119. The first kappa shape index (κ1) is 24.0. The van der Waals surface area contributed by atoms with Gasteiger partial charge in [-0.25, -0.2) is 4.98 Å². The molecule has 1 N–H and O–H groups in total. The molecule has 1 fully saturated rings. The van der Waals surface area contributed by atoms with Crippen LogP contribution in [0.4, 0.5) is 13.9 Å². The number of nitrogens with one attached hydrogen (secondary N) is 1. The first-order chi connectivity index (χ1) is 17.4. The smallest absolute Gasteiger partial charge is 0.387 e. The Hall–Kier alpha value is -3.70. The molecule has 2 atom stereocenters. The molecule has 36 heavy (non-hydrogen) atoms. The zero-order valence-electron chi connectivity index (χ0n) is 18.7. The van der Waals surface area contributed by atoms with Crippen LogP contribution in [0.3, 0.4) is 0 Å². The number of anilines is 1. The molecule has 1 aliphatic carbocycles. The Morgan fingerprint density at radius 1 is 1.14 bits per heavy atom. The SMILES string of the molecule is COc1cnc(Cl)cc1-c1cnccc1C(=O)Nc1nnc(C2CC2c2ccc(OC(F)F)cc2)s1. The van der Waals surface area contributed by atoms with E-state index in [1.165, 1.54) is 43.0 Å². The molecule has 1 saturated carbocycles. The number of alkyl halides is 2. The summed E-state index contributed by atoms with van der Waals surface area (Å²) in [6, 6.07) is 9.81. The van der Waals surface area contributed by atoms with Crippen molar-refractivity contribution in [2.45, 2.75) is 24.9 Å². The zero-order valence-corrected chi connectivity index (χ0v) is 20.3. The van der Waals surface area contributed by atoms with Gasteiger partial charge in [0.15, 0.2) is 0 Å². The maximum absolute atomic E-state index is 13.1. The van der Waals surface area contributed by atoms with Gasteiger partial charge in [0, 0.05) is 29.4 Å². The Bertz CT molecular complexity index is 1400. The molecule has 0 spiro atoms. The van der Waals surface area contributed by atoms with Gasteiger partial charge in [-0.3, -0.25) is 15.1 Å². The molecule has 0 saturated heterocycles. The predicted octanol–water partition coefficient (Wildman–Crippen LogP) is 5.78. The number of rotatable bonds is 8. The highest BCUT2D eigenvalue weighted by atomic mass is 35.5. The van der Waals surface area contributed by atoms with Gasteiger partial charge in [-0.05, 0) is 42.2 Å². The first-order valence-electron chi connectivity index (χ1n) is 10.8. The molecule has 3 heterocycles. The van der Waals surface area contributed by atoms with Gasteiger partial charge >= 0.3 is 6.61 Å². The van der Waals surface area contributed by atoms with Crippen molar-refractivity contribution in [2.24, 2.45) is 0 Å². The van der Waals surface area contributed by atoms with Crippen LogP contribution in [0.5, 0.6) is 11.5 Å². The van der Waals surface area contributed by atoms with E-state index in [1.54, 1.807) is 30.5 Å². The Labute approximate surface area is 213 Å². The summed E-state index contributed by atoms with van der Waals surface area (Å²) in [5.41, 5.74) is 2.48. The molecule has 1 aromatic carbocycles. The third kappa shape index (κ3) is 5.12. The summed E-state index contributed by atoms with van der Waals surface area (Å²) in [7, 11) is 1.50. The molecule has 2 unspecified atom stereocenters. The average Bonchev–Trinajstić information content (AvgIpc) is 3.54. The Morgan fingerprint density at radius 3 is 2.69 bits per heavy atom. The quantitative estimate of drug-likeness (QED) is 0.289. The summed E-state index contributed by atoms with van der Waals surface area (Å²) in [5, 5.41) is 12.6. The third-order valence-corrected chi connectivity index (χ3v) is 6.89. The minimum Gasteiger partial charge on any atom is -0.494 e. The fourth-order valence-electron chi connectivity index (χ4n) is 3.93. The van der Waals surface area contributed by atoms with Crippen LogP contribution in [-0.2, 0) is 0 Å². The summed E-state index contributed by atoms with van der Waals surface area (Å²) < 4.78 is 34.5. The number of halogens is 3. The first-order valence-corrected chi connectivity index (χ1v) is 12.0. The number of amides is 1. The van der Waals surface area contributed by atoms with Gasteiger partial charge in [-0.2, -0.15) is 8.78 Å². The van der Waals surface area contributed by atoms with Crippen molar-refractivity contribution in [3.8, 4) is 22.6 Å². The maximum atomic E-state index is 13.1. The molecule has 1 amide bonds. The number of nitrogens with zero attached hydrogens (tertiary/aromatic N) is 4. The number of pyridine rings is 2. The molecule has 0 bridgehead atoms. The van der Waals surface area contributed by atoms with Gasteiger partial charge in [0.25, 0.3) is 5.91 Å². The van der Waals surface area contributed by atoms with Crippen molar-refractivity contribution in [1.82, 2.24) is 20.2 Å². The number of methoxy groups -OCH3 is 1. The molecule has 12 heteroatoms. The van der Waals surface area contributed by atoms with Crippen LogP contribution in [-0.4, -0.2) is 39.8 Å². The van der Waals surface area contributed by atoms with Crippen LogP contribution in [0.1, 0.15) is 39.2 Å². The van der Waals surface area contributed by atoms with Gasteiger partial charge in [-0.15, -0.1) is 10.2 Å². The summed E-state index contributed by atoms with van der Waals surface area (Å²) in [5.74, 6) is 0.543. The van der Waals surface area contributed by atoms with E-state index in [9.17, 15) is 13.6 Å². The maximum Gasteiger partial charge on any atom is 0.387 e. The van der Waals surface area contributed by atoms with Crippen LogP contribution < -0.4 is 14.8 Å². The second kappa shape index (κ2) is 10.1. The lowest BCUT2D eigenvalue weighted by atomic mass is 10.0. The molecule has 0 aliphatic heterocycles. The van der Waals surface area contributed by atoms with E-state index < -0.39 is 6.61 Å². The molecule has 5 rings (SSSR count). The molecule has 0 radical (unpaired) electrons. The van der Waals surface area contributed by atoms with Crippen molar-refractivity contribution in [1.29, 1.82) is 0 Å². The molecular weight excluding hydrogens is 512 g/mol. The monoisotopic (exact) mass is 529 g/mol. The Kier molecular flexibility index (Phi) is 6.75. The molecule has 4 aromatic rings. The summed E-state index contributed by atoms with van der Waals surface area (Å²) >= 11 is 7.37. The van der Waals surface area contributed by atoms with Crippen molar-refractivity contribution in [2.75, 3.05) is 12.4 Å². The molecule has 8 nitrogen and oxygen atoms in total. The van der Waals surface area contributed by atoms with Gasteiger partial charge in [-0.1, -0.05) is 35.1 Å². The summed E-state index contributed by atoms with van der Waals surface area (Å²) in [6.07, 6.45) is 5.41. The standard InChI is InChI=1S/C24H18ClF2N5O3S/c1-34-19-11-29-20(25)9-16(19)18-10-28-7-6-14(18)21(33)30-24-32-31-22(36-24)17-8-15(17)12-2-4-13(5-3-12)35-23(26)27/h2-7,9-11,15,17,23H,8H2,1H3,(H,30,32,33). The highest BCUT2D eigenvalue weighted by Crippen LogP contribution is 2.55. The van der Waals surface area contributed by atoms with Gasteiger partial charge in [0.2, 0.25) is 5.13 Å². The molecule has 1 aliphatic rings. The lowest BCUT2D eigenvalue weighted by Gasteiger charge is -2.12. The molecule has 3 aromatic heterocycles. The van der Waals surface area contributed by atoms with Gasteiger partial charge in [0.05, 0.1) is 18.9 Å². The predicted molar refractivity (Wildman–Crippen MR) is 130 cm³/mol. The topological polar surface area (TPSA) is 99.1 Å². The normalized spacial score (nSPS) is 16.6. The van der Waals surface area contributed by atoms with Gasteiger partial charge in [0.1, 0.15) is 21.7 Å². The second-order valence-corrected chi connectivity index (χ2v) is 9.32. The molecule has 184 valence electrons. The van der Waals surface area contributed by atoms with E-state index in [0.717, 1.165) is 17.0 Å². The van der Waals surface area contributed by atoms with E-state index in [0.29, 0.717) is 27.6 Å². The largest absolute Gasteiger partial charge is 0.494 e. The van der Waals surface area contributed by atoms with Crippen LogP contribution in [0.15, 0.2) is 55.0 Å². The Morgan fingerprint density at radius 2 is 1.94 bits per heavy atom. The van der Waals surface area contributed by atoms with Crippen LogP contribution in [0.25, 0.3) is 11.1 Å². The number of aromatic nitrogens is 4. The Balaban J connectivity index is 1.29. The van der Waals surface area contributed by atoms with E-state index >= 15 is 0 Å². The second-order valence-electron chi connectivity index (χ2n) is 7.92. The lowest BCUT2D eigenvalue weighted by Crippen LogP contribution is -2.13. The van der Waals surface area contributed by atoms with Crippen molar-refractivity contribution < 1.29 is 23.0 Å². The van der Waals surface area contributed by atoms with Crippen LogP contribution in [0, 0.1) is 0 Å². The van der Waals surface area contributed by atoms with Crippen molar-refractivity contribution >= 4 is 34.0 Å². The van der Waals surface area contributed by atoms with Crippen LogP contribution in [0.2, 0.25) is 5.15 Å².